The van der Waals surface area contributed by atoms with Crippen LogP contribution in [-0.4, -0.2) is 68.7 Å². The first-order valence-corrected chi connectivity index (χ1v) is 10.4. The highest BCUT2D eigenvalue weighted by Crippen LogP contribution is 2.41. The largest absolute Gasteiger partial charge is 0.368 e. The summed E-state index contributed by atoms with van der Waals surface area (Å²) in [6.45, 7) is 9.57. The molecule has 4 fully saturated rings. The van der Waals surface area contributed by atoms with E-state index in [1.54, 1.807) is 4.90 Å². The van der Waals surface area contributed by atoms with Crippen molar-refractivity contribution in [2.45, 2.75) is 32.2 Å². The molecule has 2 N–H and O–H groups in total. The van der Waals surface area contributed by atoms with Gasteiger partial charge in [0.05, 0.1) is 0 Å². The molecule has 0 aliphatic carbocycles. The molecule has 7 nitrogen and oxygen atoms in total. The van der Waals surface area contributed by atoms with E-state index in [1.807, 2.05) is 13.0 Å². The smallest absolute Gasteiger partial charge is 0.328 e. The predicted octanol–water partition coefficient (Wildman–Crippen LogP) is 1.32. The molecular formula is C21H29N5O2. The van der Waals surface area contributed by atoms with Gasteiger partial charge in [-0.25, -0.2) is 4.79 Å². The number of rotatable bonds is 3. The molecule has 4 aliphatic heterocycles. The summed E-state index contributed by atoms with van der Waals surface area (Å²) in [5.41, 5.74) is 3.79. The molecule has 7 heteroatoms. The molecule has 1 aromatic rings. The number of nitrogens with zero attached hydrogens (tertiary/aromatic N) is 3. The van der Waals surface area contributed by atoms with Crippen molar-refractivity contribution in [1.82, 2.24) is 15.5 Å². The monoisotopic (exact) mass is 383 g/mol. The normalized spacial score (nSPS) is 25.5. The minimum absolute atomic E-state index is 0.195. The van der Waals surface area contributed by atoms with Crippen LogP contribution in [0.5, 0.6) is 0 Å². The van der Waals surface area contributed by atoms with E-state index in [0.717, 1.165) is 24.3 Å². The zero-order valence-electron chi connectivity index (χ0n) is 16.5. The molecule has 0 unspecified atom stereocenters. The Kier molecular flexibility index (Phi) is 4.32. The minimum atomic E-state index is -0.319. The van der Waals surface area contributed by atoms with Crippen molar-refractivity contribution in [3.05, 3.63) is 23.8 Å². The number of carbonyl (C=O) groups is 2. The summed E-state index contributed by atoms with van der Waals surface area (Å²) in [4.78, 5) is 30.2. The highest BCUT2D eigenvalue weighted by molar-refractivity contribution is 6.06. The molecular weight excluding hydrogens is 354 g/mol. The van der Waals surface area contributed by atoms with Crippen LogP contribution in [0.25, 0.3) is 0 Å². The first-order chi connectivity index (χ1) is 13.5. The summed E-state index contributed by atoms with van der Waals surface area (Å²) in [7, 11) is 0. The van der Waals surface area contributed by atoms with Gasteiger partial charge in [0.25, 0.3) is 0 Å². The summed E-state index contributed by atoms with van der Waals surface area (Å²) < 4.78 is 0. The third-order valence-electron chi connectivity index (χ3n) is 7.01. The first kappa shape index (κ1) is 17.9. The lowest BCUT2D eigenvalue weighted by Gasteiger charge is -2.59. The Morgan fingerprint density at radius 2 is 1.86 bits per heavy atom. The molecule has 3 amide bonds. The summed E-state index contributed by atoms with van der Waals surface area (Å²) in [5.74, 6) is -0.195. The Morgan fingerprint density at radius 3 is 2.54 bits per heavy atom. The lowest BCUT2D eigenvalue weighted by Crippen LogP contribution is -2.70. The van der Waals surface area contributed by atoms with Gasteiger partial charge in [-0.3, -0.25) is 19.9 Å². The van der Waals surface area contributed by atoms with Crippen LogP contribution < -0.4 is 20.4 Å². The predicted molar refractivity (Wildman–Crippen MR) is 109 cm³/mol. The number of hydrogen-bond acceptors (Lipinski definition) is 5. The van der Waals surface area contributed by atoms with E-state index in [9.17, 15) is 9.59 Å². The van der Waals surface area contributed by atoms with Crippen molar-refractivity contribution in [2.24, 2.45) is 5.41 Å². The summed E-state index contributed by atoms with van der Waals surface area (Å²) >= 11 is 0. The Balaban J connectivity index is 1.18. The maximum Gasteiger partial charge on any atom is 0.328 e. The van der Waals surface area contributed by atoms with Gasteiger partial charge in [0.1, 0.15) is 0 Å². The van der Waals surface area contributed by atoms with E-state index in [4.69, 9.17) is 0 Å². The SMILES string of the molecule is Cc1cc(N2CC(N3CC4(CCNCC4)C3)C2)ccc1N1CCC(=O)NC1=O. The van der Waals surface area contributed by atoms with E-state index in [-0.39, 0.29) is 11.9 Å². The van der Waals surface area contributed by atoms with E-state index >= 15 is 0 Å². The maximum absolute atomic E-state index is 12.1. The molecule has 0 radical (unpaired) electrons. The zero-order chi connectivity index (χ0) is 19.3. The summed E-state index contributed by atoms with van der Waals surface area (Å²) in [5, 5.41) is 5.87. The standard InChI is InChI=1S/C21H29N5O2/c1-15-10-16(2-3-18(15)26-9-4-19(27)23-20(26)28)24-11-17(12-24)25-13-21(14-25)5-7-22-8-6-21/h2-3,10,17,22H,4-9,11-14H2,1H3,(H,23,27,28). The number of anilines is 2. The molecule has 1 spiro atoms. The van der Waals surface area contributed by atoms with Crippen molar-refractivity contribution in [3.8, 4) is 0 Å². The van der Waals surface area contributed by atoms with Crippen molar-refractivity contribution in [3.63, 3.8) is 0 Å². The molecule has 0 saturated carbocycles. The fourth-order valence-corrected chi connectivity index (χ4v) is 5.18. The van der Waals surface area contributed by atoms with Gasteiger partial charge >= 0.3 is 6.03 Å². The maximum atomic E-state index is 12.1. The van der Waals surface area contributed by atoms with Crippen molar-refractivity contribution < 1.29 is 9.59 Å². The minimum Gasteiger partial charge on any atom is -0.368 e. The Morgan fingerprint density at radius 1 is 1.11 bits per heavy atom. The number of amides is 3. The lowest BCUT2D eigenvalue weighted by molar-refractivity contribution is -0.120. The van der Waals surface area contributed by atoms with Gasteiger partial charge in [0.2, 0.25) is 5.91 Å². The van der Waals surface area contributed by atoms with E-state index in [0.29, 0.717) is 24.4 Å². The number of nitrogens with one attached hydrogen (secondary N) is 2. The number of benzene rings is 1. The fourth-order valence-electron chi connectivity index (χ4n) is 5.18. The van der Waals surface area contributed by atoms with Crippen LogP contribution in [0.15, 0.2) is 18.2 Å². The van der Waals surface area contributed by atoms with Gasteiger partial charge in [-0.2, -0.15) is 0 Å². The molecule has 150 valence electrons. The quantitative estimate of drug-likeness (QED) is 0.824. The Labute approximate surface area is 166 Å². The van der Waals surface area contributed by atoms with Crippen LogP contribution in [-0.2, 0) is 4.79 Å². The van der Waals surface area contributed by atoms with Gasteiger partial charge in [0, 0.05) is 56.6 Å². The number of likely N-dealkylation sites (tertiary alicyclic amines) is 1. The van der Waals surface area contributed by atoms with Crippen molar-refractivity contribution in [2.75, 3.05) is 55.6 Å². The van der Waals surface area contributed by atoms with E-state index in [2.05, 4.69) is 32.6 Å². The zero-order valence-corrected chi connectivity index (χ0v) is 16.5. The molecule has 0 bridgehead atoms. The van der Waals surface area contributed by atoms with E-state index < -0.39 is 0 Å². The van der Waals surface area contributed by atoms with E-state index in [1.165, 1.54) is 44.7 Å². The molecule has 4 aliphatic rings. The third kappa shape index (κ3) is 3.06. The molecule has 4 saturated heterocycles. The molecule has 0 aromatic heterocycles. The average molecular weight is 383 g/mol. The lowest BCUT2D eigenvalue weighted by atomic mass is 9.71. The Hall–Kier alpha value is -2.12. The molecule has 5 rings (SSSR count). The van der Waals surface area contributed by atoms with Crippen molar-refractivity contribution in [1.29, 1.82) is 0 Å². The van der Waals surface area contributed by atoms with Crippen LogP contribution in [0.2, 0.25) is 0 Å². The van der Waals surface area contributed by atoms with Gasteiger partial charge < -0.3 is 10.2 Å². The van der Waals surface area contributed by atoms with Gasteiger partial charge in [-0.05, 0) is 62.0 Å². The van der Waals surface area contributed by atoms with Gasteiger partial charge in [0.15, 0.2) is 0 Å². The van der Waals surface area contributed by atoms with Crippen LogP contribution >= 0.6 is 0 Å². The highest BCUT2D eigenvalue weighted by atomic mass is 16.2. The van der Waals surface area contributed by atoms with Crippen LogP contribution in [0.1, 0.15) is 24.8 Å². The summed E-state index contributed by atoms with van der Waals surface area (Å²) in [6.07, 6.45) is 3.01. The average Bonchev–Trinajstić information content (AvgIpc) is 2.61. The number of piperidine rings is 1. The highest BCUT2D eigenvalue weighted by Gasteiger charge is 2.48. The molecule has 28 heavy (non-hydrogen) atoms. The number of imide groups is 1. The first-order valence-electron chi connectivity index (χ1n) is 10.4. The molecule has 4 heterocycles. The van der Waals surface area contributed by atoms with Gasteiger partial charge in [-0.15, -0.1) is 0 Å². The molecule has 0 atom stereocenters. The second-order valence-electron chi connectivity index (χ2n) is 8.94. The van der Waals surface area contributed by atoms with Gasteiger partial charge in [-0.1, -0.05) is 0 Å². The number of urea groups is 1. The fraction of sp³-hybridized carbons (Fsp3) is 0.619. The molecule has 1 aromatic carbocycles. The third-order valence-corrected chi connectivity index (χ3v) is 7.01. The second-order valence-corrected chi connectivity index (χ2v) is 8.94. The number of carbonyl (C=O) groups excluding carboxylic acids is 2. The van der Waals surface area contributed by atoms with Crippen LogP contribution in [0.3, 0.4) is 0 Å². The second kappa shape index (κ2) is 6.74. The Bertz CT molecular complexity index is 790. The van der Waals surface area contributed by atoms with Crippen LogP contribution in [0, 0.1) is 12.3 Å². The number of aryl methyl sites for hydroxylation is 1. The topological polar surface area (TPSA) is 67.9 Å². The van der Waals surface area contributed by atoms with Crippen LogP contribution in [0.4, 0.5) is 16.2 Å². The number of hydrogen-bond donors (Lipinski definition) is 2. The van der Waals surface area contributed by atoms with Crippen molar-refractivity contribution >= 4 is 23.3 Å². The summed E-state index contributed by atoms with van der Waals surface area (Å²) in [6, 6.07) is 6.65.